The molecule has 0 saturated heterocycles. The molecule has 2 aromatic heterocycles. The first kappa shape index (κ1) is 15.8. The van der Waals surface area contributed by atoms with Crippen molar-refractivity contribution < 1.29 is 14.6 Å². The van der Waals surface area contributed by atoms with Gasteiger partial charge in [0.25, 0.3) is 0 Å². The predicted octanol–water partition coefficient (Wildman–Crippen LogP) is 2.16. The lowest BCUT2D eigenvalue weighted by Crippen LogP contribution is -2.17. The fraction of sp³-hybridized carbons (Fsp3) is 0.176. The minimum Gasteiger partial charge on any atom is -0.480 e. The van der Waals surface area contributed by atoms with Crippen LogP contribution in [0.2, 0.25) is 0 Å². The summed E-state index contributed by atoms with van der Waals surface area (Å²) in [5, 5.41) is 13.5. The highest BCUT2D eigenvalue weighted by molar-refractivity contribution is 5.66. The Hall–Kier alpha value is -3.06. The van der Waals surface area contributed by atoms with E-state index in [0.29, 0.717) is 11.6 Å². The number of aromatic nitrogens is 4. The van der Waals surface area contributed by atoms with Gasteiger partial charge in [0.15, 0.2) is 11.6 Å². The van der Waals surface area contributed by atoms with Gasteiger partial charge in [-0.25, -0.2) is 9.67 Å². The third kappa shape index (κ3) is 3.31. The molecule has 1 aromatic carbocycles. The molecule has 24 heavy (non-hydrogen) atoms. The van der Waals surface area contributed by atoms with Crippen LogP contribution in [0.5, 0.6) is 0 Å². The zero-order chi connectivity index (χ0) is 16.9. The topological polar surface area (TPSA) is 90.1 Å². The summed E-state index contributed by atoms with van der Waals surface area (Å²) in [5.74, 6) is -0.116. The van der Waals surface area contributed by atoms with E-state index in [2.05, 4.69) is 15.1 Å². The molecular formula is C17H16N4O3. The van der Waals surface area contributed by atoms with E-state index in [1.165, 1.54) is 4.68 Å². The second-order valence-electron chi connectivity index (χ2n) is 5.11. The van der Waals surface area contributed by atoms with E-state index in [1.54, 1.807) is 31.6 Å². The fourth-order valence-electron chi connectivity index (χ4n) is 2.43. The van der Waals surface area contributed by atoms with Crippen molar-refractivity contribution in [2.45, 2.75) is 12.6 Å². The Kier molecular flexibility index (Phi) is 4.62. The fourth-order valence-corrected chi connectivity index (χ4v) is 2.43. The summed E-state index contributed by atoms with van der Waals surface area (Å²) in [4.78, 5) is 19.7. The number of hydrogen-bond donors (Lipinski definition) is 1. The summed E-state index contributed by atoms with van der Waals surface area (Å²) in [6.07, 6.45) is 2.77. The molecule has 1 atom stereocenters. The van der Waals surface area contributed by atoms with E-state index in [0.717, 1.165) is 11.1 Å². The molecule has 0 fully saturated rings. The number of methoxy groups -OCH3 is 1. The number of benzene rings is 1. The number of carboxylic acid groups (broad SMARTS) is 1. The molecule has 122 valence electrons. The molecule has 0 spiro atoms. The monoisotopic (exact) mass is 324 g/mol. The number of hydrogen-bond acceptors (Lipinski definition) is 5. The second-order valence-corrected chi connectivity index (χ2v) is 5.11. The number of carbonyl (C=O) groups is 1. The van der Waals surface area contributed by atoms with Crippen LogP contribution in [0, 0.1) is 0 Å². The van der Waals surface area contributed by atoms with Gasteiger partial charge in [-0.3, -0.25) is 9.78 Å². The van der Waals surface area contributed by atoms with Crippen molar-refractivity contribution in [1.29, 1.82) is 0 Å². The first-order chi connectivity index (χ1) is 11.7. The smallest absolute Gasteiger partial charge is 0.325 e. The van der Waals surface area contributed by atoms with Crippen LogP contribution in [0.3, 0.4) is 0 Å². The molecule has 3 aromatic rings. The minimum atomic E-state index is -0.995. The molecule has 1 unspecified atom stereocenters. The van der Waals surface area contributed by atoms with E-state index in [1.807, 2.05) is 30.3 Å². The molecule has 0 aliphatic rings. The molecule has 1 N–H and O–H groups in total. The normalized spacial score (nSPS) is 12.0. The zero-order valence-electron chi connectivity index (χ0n) is 13.0. The van der Waals surface area contributed by atoms with Gasteiger partial charge in [0, 0.05) is 25.1 Å². The first-order valence-corrected chi connectivity index (χ1v) is 7.33. The van der Waals surface area contributed by atoms with Crippen LogP contribution in [0.25, 0.3) is 11.4 Å². The quantitative estimate of drug-likeness (QED) is 0.747. The highest BCUT2D eigenvalue weighted by atomic mass is 16.5. The zero-order valence-corrected chi connectivity index (χ0v) is 13.0. The van der Waals surface area contributed by atoms with Crippen LogP contribution in [-0.2, 0) is 16.1 Å². The van der Waals surface area contributed by atoms with Gasteiger partial charge in [-0.2, -0.15) is 5.10 Å². The lowest BCUT2D eigenvalue weighted by atomic mass is 10.1. The maximum Gasteiger partial charge on any atom is 0.325 e. The van der Waals surface area contributed by atoms with E-state index in [-0.39, 0.29) is 6.54 Å². The minimum absolute atomic E-state index is 0.292. The number of pyridine rings is 1. The van der Waals surface area contributed by atoms with Crippen LogP contribution in [0.1, 0.15) is 17.5 Å². The van der Waals surface area contributed by atoms with Crippen molar-refractivity contribution in [3.63, 3.8) is 0 Å². The van der Waals surface area contributed by atoms with Gasteiger partial charge in [0.05, 0.1) is 0 Å². The van der Waals surface area contributed by atoms with Crippen LogP contribution in [0.15, 0.2) is 54.9 Å². The summed E-state index contributed by atoms with van der Waals surface area (Å²) in [6.45, 7) is -0.292. The number of ether oxygens (including phenoxy) is 1. The average Bonchev–Trinajstić information content (AvgIpc) is 3.00. The maximum absolute atomic E-state index is 11.2. The molecular weight excluding hydrogens is 308 g/mol. The van der Waals surface area contributed by atoms with Gasteiger partial charge >= 0.3 is 5.97 Å². The SMILES string of the molecule is COC(c1ccccc1)c1nc(-c2ccncc2)nn1CC(=O)O. The average molecular weight is 324 g/mol. The summed E-state index contributed by atoms with van der Waals surface area (Å²) in [5.41, 5.74) is 1.64. The molecule has 7 heteroatoms. The third-order valence-electron chi connectivity index (χ3n) is 3.50. The van der Waals surface area contributed by atoms with Crippen molar-refractivity contribution in [2.24, 2.45) is 0 Å². The van der Waals surface area contributed by atoms with Crippen molar-refractivity contribution in [2.75, 3.05) is 7.11 Å². The Balaban J connectivity index is 2.07. The Bertz CT molecular complexity index is 818. The summed E-state index contributed by atoms with van der Waals surface area (Å²) >= 11 is 0. The van der Waals surface area contributed by atoms with Crippen molar-refractivity contribution in [1.82, 2.24) is 19.7 Å². The van der Waals surface area contributed by atoms with Gasteiger partial charge in [-0.15, -0.1) is 0 Å². The van der Waals surface area contributed by atoms with E-state index in [9.17, 15) is 4.79 Å². The first-order valence-electron chi connectivity index (χ1n) is 7.33. The third-order valence-corrected chi connectivity index (χ3v) is 3.50. The predicted molar refractivity (Wildman–Crippen MR) is 86.2 cm³/mol. The van der Waals surface area contributed by atoms with Crippen LogP contribution < -0.4 is 0 Å². The van der Waals surface area contributed by atoms with Gasteiger partial charge in [0.2, 0.25) is 0 Å². The number of rotatable bonds is 6. The molecule has 0 amide bonds. The van der Waals surface area contributed by atoms with Crippen LogP contribution >= 0.6 is 0 Å². The summed E-state index contributed by atoms with van der Waals surface area (Å²) < 4.78 is 6.93. The molecule has 0 bridgehead atoms. The van der Waals surface area contributed by atoms with Crippen LogP contribution in [-0.4, -0.2) is 37.9 Å². The molecule has 0 saturated carbocycles. The highest BCUT2D eigenvalue weighted by Gasteiger charge is 2.23. The van der Waals surface area contributed by atoms with Crippen molar-refractivity contribution in [3.05, 3.63) is 66.2 Å². The van der Waals surface area contributed by atoms with E-state index < -0.39 is 12.1 Å². The van der Waals surface area contributed by atoms with E-state index in [4.69, 9.17) is 9.84 Å². The Morgan fingerprint density at radius 1 is 1.21 bits per heavy atom. The van der Waals surface area contributed by atoms with Crippen molar-refractivity contribution >= 4 is 5.97 Å². The Labute approximate surface area is 138 Å². The standard InChI is InChI=1S/C17H16N4O3/c1-24-15(12-5-3-2-4-6-12)17-19-16(13-7-9-18-10-8-13)20-21(17)11-14(22)23/h2-10,15H,11H2,1H3,(H,22,23). The van der Waals surface area contributed by atoms with Crippen molar-refractivity contribution in [3.8, 4) is 11.4 Å². The molecule has 0 aliphatic carbocycles. The number of nitrogens with zero attached hydrogens (tertiary/aromatic N) is 4. The molecule has 2 heterocycles. The van der Waals surface area contributed by atoms with Gasteiger partial charge < -0.3 is 9.84 Å². The van der Waals surface area contributed by atoms with Crippen LogP contribution in [0.4, 0.5) is 0 Å². The Morgan fingerprint density at radius 3 is 2.54 bits per heavy atom. The molecule has 3 rings (SSSR count). The number of aliphatic carboxylic acids is 1. The van der Waals surface area contributed by atoms with E-state index >= 15 is 0 Å². The van der Waals surface area contributed by atoms with Gasteiger partial charge in [-0.1, -0.05) is 30.3 Å². The summed E-state index contributed by atoms with van der Waals surface area (Å²) in [7, 11) is 1.56. The number of carboxylic acids is 1. The highest BCUT2D eigenvalue weighted by Crippen LogP contribution is 2.26. The second kappa shape index (κ2) is 7.01. The molecule has 0 radical (unpaired) electrons. The lowest BCUT2D eigenvalue weighted by molar-refractivity contribution is -0.138. The molecule has 0 aliphatic heterocycles. The summed E-state index contributed by atoms with van der Waals surface area (Å²) in [6, 6.07) is 13.0. The largest absolute Gasteiger partial charge is 0.480 e. The Morgan fingerprint density at radius 2 is 1.92 bits per heavy atom. The maximum atomic E-state index is 11.2. The van der Waals surface area contributed by atoms with Gasteiger partial charge in [0.1, 0.15) is 12.6 Å². The lowest BCUT2D eigenvalue weighted by Gasteiger charge is -2.15. The van der Waals surface area contributed by atoms with Gasteiger partial charge in [-0.05, 0) is 17.7 Å². The molecule has 7 nitrogen and oxygen atoms in total.